The van der Waals surface area contributed by atoms with Crippen molar-refractivity contribution in [3.05, 3.63) is 28.5 Å². The molecule has 0 radical (unpaired) electrons. The van der Waals surface area contributed by atoms with Crippen LogP contribution in [0, 0.1) is 6.57 Å². The van der Waals surface area contributed by atoms with Gasteiger partial charge < -0.3 is 14.5 Å². The van der Waals surface area contributed by atoms with Gasteiger partial charge in [0.05, 0.1) is 18.5 Å². The average molecular weight is 335 g/mol. The number of rotatable bonds is 4. The quantitative estimate of drug-likeness (QED) is 0.794. The van der Waals surface area contributed by atoms with Gasteiger partial charge in [0.2, 0.25) is 6.04 Å². The Morgan fingerprint density at radius 1 is 1.41 bits per heavy atom. The van der Waals surface area contributed by atoms with Crippen molar-refractivity contribution in [3.63, 3.8) is 0 Å². The van der Waals surface area contributed by atoms with E-state index >= 15 is 0 Å². The molecule has 1 aromatic heterocycles. The number of nitrogens with zero attached hydrogens (tertiary/aromatic N) is 4. The van der Waals surface area contributed by atoms with Crippen LogP contribution in [0.4, 0.5) is 19.0 Å². The van der Waals surface area contributed by atoms with Gasteiger partial charge in [-0.25, -0.2) is 16.5 Å². The molecule has 2 heterocycles. The zero-order chi connectivity index (χ0) is 16.2. The molecule has 0 spiro atoms. The molecule has 1 aliphatic rings. The van der Waals surface area contributed by atoms with E-state index in [2.05, 4.69) is 19.5 Å². The highest BCUT2D eigenvalue weighted by Crippen LogP contribution is 2.26. The van der Waals surface area contributed by atoms with Gasteiger partial charge in [0, 0.05) is 25.9 Å². The van der Waals surface area contributed by atoms with E-state index in [0.717, 1.165) is 0 Å². The van der Waals surface area contributed by atoms with E-state index in [-0.39, 0.29) is 23.5 Å². The molecule has 0 bridgehead atoms. The highest BCUT2D eigenvalue weighted by Gasteiger charge is 2.28. The zero-order valence-electron chi connectivity index (χ0n) is 11.6. The van der Waals surface area contributed by atoms with E-state index in [1.807, 2.05) is 4.90 Å². The fourth-order valence-electron chi connectivity index (χ4n) is 2.15. The Hall–Kier alpha value is -1.59. The SMILES string of the molecule is [C-]#[N+]C1CCN(c2nc(COCC(F)(F)F)cnc2Cl)CC1. The summed E-state index contributed by atoms with van der Waals surface area (Å²) in [5.41, 5.74) is 0.288. The molecule has 9 heteroatoms. The highest BCUT2D eigenvalue weighted by molar-refractivity contribution is 6.31. The molecule has 0 amide bonds. The molecule has 5 nitrogen and oxygen atoms in total. The summed E-state index contributed by atoms with van der Waals surface area (Å²) >= 11 is 6.01. The number of piperidine rings is 1. The van der Waals surface area contributed by atoms with Crippen LogP contribution in [0.2, 0.25) is 5.15 Å². The summed E-state index contributed by atoms with van der Waals surface area (Å²) in [5, 5.41) is 0.195. The molecule has 1 aliphatic heterocycles. The van der Waals surface area contributed by atoms with Crippen LogP contribution in [-0.2, 0) is 11.3 Å². The lowest BCUT2D eigenvalue weighted by Crippen LogP contribution is -2.35. The summed E-state index contributed by atoms with van der Waals surface area (Å²) in [5.74, 6) is 0.429. The number of hydrogen-bond donors (Lipinski definition) is 0. The topological polar surface area (TPSA) is 42.6 Å². The predicted molar refractivity (Wildman–Crippen MR) is 74.6 cm³/mol. The molecular formula is C13H14ClF3N4O. The lowest BCUT2D eigenvalue weighted by atomic mass is 10.1. The molecule has 0 aliphatic carbocycles. The number of halogens is 4. The summed E-state index contributed by atoms with van der Waals surface area (Å²) in [6.45, 7) is 6.64. The first-order valence-corrected chi connectivity index (χ1v) is 7.04. The number of alkyl halides is 3. The lowest BCUT2D eigenvalue weighted by Gasteiger charge is -2.28. The van der Waals surface area contributed by atoms with Crippen LogP contribution in [-0.4, -0.2) is 41.9 Å². The molecule has 0 saturated carbocycles. The van der Waals surface area contributed by atoms with Crippen molar-refractivity contribution in [2.45, 2.75) is 31.7 Å². The van der Waals surface area contributed by atoms with E-state index in [9.17, 15) is 13.2 Å². The fraction of sp³-hybridized carbons (Fsp3) is 0.615. The van der Waals surface area contributed by atoms with E-state index in [1.165, 1.54) is 6.20 Å². The van der Waals surface area contributed by atoms with Crippen LogP contribution in [0.5, 0.6) is 0 Å². The Bertz CT molecular complexity index is 553. The van der Waals surface area contributed by atoms with Crippen LogP contribution < -0.4 is 4.90 Å². The lowest BCUT2D eigenvalue weighted by molar-refractivity contribution is -0.176. The van der Waals surface area contributed by atoms with Crippen LogP contribution >= 0.6 is 11.6 Å². The van der Waals surface area contributed by atoms with Gasteiger partial charge in [-0.05, 0) is 0 Å². The third-order valence-corrected chi connectivity index (χ3v) is 3.49. The van der Waals surface area contributed by atoms with Crippen molar-refractivity contribution in [3.8, 4) is 0 Å². The van der Waals surface area contributed by atoms with Crippen molar-refractivity contribution in [2.24, 2.45) is 0 Å². The maximum Gasteiger partial charge on any atom is 0.411 e. The first kappa shape index (κ1) is 16.8. The summed E-state index contributed by atoms with van der Waals surface area (Å²) < 4.78 is 40.7. The molecule has 0 unspecified atom stereocenters. The van der Waals surface area contributed by atoms with E-state index < -0.39 is 12.8 Å². The van der Waals surface area contributed by atoms with Crippen molar-refractivity contribution >= 4 is 17.4 Å². The first-order chi connectivity index (χ1) is 10.4. The monoisotopic (exact) mass is 334 g/mol. The van der Waals surface area contributed by atoms with Crippen molar-refractivity contribution in [2.75, 3.05) is 24.6 Å². The fourth-order valence-corrected chi connectivity index (χ4v) is 2.36. The van der Waals surface area contributed by atoms with Crippen molar-refractivity contribution < 1.29 is 17.9 Å². The van der Waals surface area contributed by atoms with Gasteiger partial charge in [-0.15, -0.1) is 0 Å². The number of aromatic nitrogens is 2. The third kappa shape index (κ3) is 4.71. The summed E-state index contributed by atoms with van der Waals surface area (Å²) in [4.78, 5) is 13.6. The molecule has 22 heavy (non-hydrogen) atoms. The third-order valence-electron chi connectivity index (χ3n) is 3.22. The van der Waals surface area contributed by atoms with Gasteiger partial charge in [-0.3, -0.25) is 0 Å². The predicted octanol–water partition coefficient (Wildman–Crippen LogP) is 3.10. The molecule has 120 valence electrons. The highest BCUT2D eigenvalue weighted by atomic mass is 35.5. The largest absolute Gasteiger partial charge is 0.411 e. The number of hydrogen-bond acceptors (Lipinski definition) is 4. The second kappa shape index (κ2) is 7.11. The minimum atomic E-state index is -4.37. The summed E-state index contributed by atoms with van der Waals surface area (Å²) in [6.07, 6.45) is -1.66. The van der Waals surface area contributed by atoms with Crippen LogP contribution in [0.25, 0.3) is 4.85 Å². The second-order valence-electron chi connectivity index (χ2n) is 4.93. The van der Waals surface area contributed by atoms with E-state index in [4.69, 9.17) is 18.2 Å². The molecule has 0 N–H and O–H groups in total. The Labute approximate surface area is 130 Å². The van der Waals surface area contributed by atoms with Gasteiger partial charge in [0.15, 0.2) is 11.0 Å². The molecule has 1 saturated heterocycles. The molecule has 1 fully saturated rings. The van der Waals surface area contributed by atoms with Crippen LogP contribution in [0.15, 0.2) is 6.20 Å². The minimum absolute atomic E-state index is 0.00119. The standard InChI is InChI=1S/C13H14ClF3N4O/c1-18-9-2-4-21(5-3-9)12-11(14)19-6-10(20-12)7-22-8-13(15,16)17/h6,9H,2-5,7-8H2. The van der Waals surface area contributed by atoms with Gasteiger partial charge in [-0.1, -0.05) is 11.6 Å². The van der Waals surface area contributed by atoms with Gasteiger partial charge in [0.25, 0.3) is 0 Å². The normalized spacial score (nSPS) is 16.6. The molecule has 0 atom stereocenters. The Morgan fingerprint density at radius 3 is 2.68 bits per heavy atom. The first-order valence-electron chi connectivity index (χ1n) is 6.66. The van der Waals surface area contributed by atoms with Gasteiger partial charge >= 0.3 is 6.18 Å². The van der Waals surface area contributed by atoms with Crippen molar-refractivity contribution in [1.29, 1.82) is 0 Å². The van der Waals surface area contributed by atoms with Crippen LogP contribution in [0.3, 0.4) is 0 Å². The Balaban J connectivity index is 2.00. The second-order valence-corrected chi connectivity index (χ2v) is 5.29. The number of anilines is 1. The summed E-state index contributed by atoms with van der Waals surface area (Å²) in [7, 11) is 0. The van der Waals surface area contributed by atoms with Gasteiger partial charge in [0.1, 0.15) is 6.61 Å². The summed E-state index contributed by atoms with van der Waals surface area (Å²) in [6, 6.07) is 0.00119. The maximum absolute atomic E-state index is 12.0. The zero-order valence-corrected chi connectivity index (χ0v) is 12.4. The Morgan fingerprint density at radius 2 is 2.09 bits per heavy atom. The smallest absolute Gasteiger partial charge is 0.366 e. The number of ether oxygens (including phenoxy) is 1. The molecule has 1 aromatic rings. The van der Waals surface area contributed by atoms with Crippen molar-refractivity contribution in [1.82, 2.24) is 9.97 Å². The molecule has 2 rings (SSSR count). The Kier molecular flexibility index (Phi) is 5.42. The average Bonchev–Trinajstić information content (AvgIpc) is 2.48. The van der Waals surface area contributed by atoms with E-state index in [0.29, 0.717) is 31.7 Å². The van der Waals surface area contributed by atoms with E-state index in [1.54, 1.807) is 0 Å². The molecular weight excluding hydrogens is 321 g/mol. The minimum Gasteiger partial charge on any atom is -0.366 e. The van der Waals surface area contributed by atoms with Gasteiger partial charge in [-0.2, -0.15) is 13.2 Å². The van der Waals surface area contributed by atoms with Crippen LogP contribution in [0.1, 0.15) is 18.5 Å². The maximum atomic E-state index is 12.0. The molecule has 0 aromatic carbocycles.